The molecule has 0 aromatic heterocycles. The Balaban J connectivity index is 1.82. The highest BCUT2D eigenvalue weighted by molar-refractivity contribution is 5.77. The van der Waals surface area contributed by atoms with E-state index in [1.807, 2.05) is 30.3 Å². The Morgan fingerprint density at radius 2 is 1.06 bits per heavy atom. The smallest absolute Gasteiger partial charge is 0.306 e. The van der Waals surface area contributed by atoms with Crippen molar-refractivity contribution in [1.29, 1.82) is 0 Å². The molecule has 0 saturated carbocycles. The highest BCUT2D eigenvalue weighted by Crippen LogP contribution is 2.12. The number of carbonyl (C=O) groups is 2. The minimum absolute atomic E-state index is 0.0895. The van der Waals surface area contributed by atoms with Crippen LogP contribution in [0.2, 0.25) is 0 Å². The van der Waals surface area contributed by atoms with E-state index < -0.39 is 0 Å². The van der Waals surface area contributed by atoms with Gasteiger partial charge in [-0.3, -0.25) is 9.59 Å². The third kappa shape index (κ3) is 17.5. The lowest BCUT2D eigenvalue weighted by atomic mass is 10.0. The Kier molecular flexibility index (Phi) is 17.6. The predicted molar refractivity (Wildman–Crippen MR) is 127 cm³/mol. The van der Waals surface area contributed by atoms with Gasteiger partial charge in [-0.15, -0.1) is 0 Å². The second-order valence-corrected chi connectivity index (χ2v) is 8.42. The molecule has 0 heterocycles. The van der Waals surface area contributed by atoms with Crippen molar-refractivity contribution in [3.63, 3.8) is 0 Å². The Labute approximate surface area is 190 Å². The van der Waals surface area contributed by atoms with Gasteiger partial charge in [0.15, 0.2) is 0 Å². The lowest BCUT2D eigenvalue weighted by Crippen LogP contribution is -2.12. The van der Waals surface area contributed by atoms with E-state index in [0.29, 0.717) is 19.6 Å². The van der Waals surface area contributed by atoms with Gasteiger partial charge in [-0.2, -0.15) is 0 Å². The van der Waals surface area contributed by atoms with E-state index in [-0.39, 0.29) is 24.8 Å². The molecule has 0 aliphatic carbocycles. The topological polar surface area (TPSA) is 52.6 Å². The Morgan fingerprint density at radius 1 is 0.613 bits per heavy atom. The van der Waals surface area contributed by atoms with E-state index >= 15 is 0 Å². The molecule has 4 nitrogen and oxygen atoms in total. The van der Waals surface area contributed by atoms with Gasteiger partial charge in [0, 0.05) is 6.42 Å². The maximum Gasteiger partial charge on any atom is 0.306 e. The number of rotatable bonds is 20. The van der Waals surface area contributed by atoms with Crippen molar-refractivity contribution in [3.8, 4) is 0 Å². The zero-order chi connectivity index (χ0) is 22.4. The van der Waals surface area contributed by atoms with Crippen molar-refractivity contribution in [2.75, 3.05) is 13.2 Å². The van der Waals surface area contributed by atoms with Gasteiger partial charge in [0.25, 0.3) is 0 Å². The fraction of sp³-hybridized carbons (Fsp3) is 0.704. The molecule has 0 amide bonds. The molecule has 0 unspecified atom stereocenters. The molecular weight excluding hydrogens is 388 g/mol. The molecule has 1 aromatic carbocycles. The molecule has 0 atom stereocenters. The van der Waals surface area contributed by atoms with Crippen LogP contribution < -0.4 is 0 Å². The van der Waals surface area contributed by atoms with Crippen molar-refractivity contribution in [1.82, 2.24) is 0 Å². The molecule has 0 N–H and O–H groups in total. The second-order valence-electron chi connectivity index (χ2n) is 8.42. The van der Waals surface area contributed by atoms with E-state index in [1.165, 1.54) is 70.6 Å². The molecule has 0 bridgehead atoms. The normalized spacial score (nSPS) is 10.7. The number of carbonyl (C=O) groups excluding carboxylic acids is 2. The average molecular weight is 433 g/mol. The van der Waals surface area contributed by atoms with Crippen molar-refractivity contribution < 1.29 is 19.1 Å². The molecule has 0 aliphatic rings. The summed E-state index contributed by atoms with van der Waals surface area (Å²) in [6.07, 6.45) is 17.7. The number of hydrogen-bond donors (Lipinski definition) is 0. The number of ether oxygens (including phenoxy) is 2. The van der Waals surface area contributed by atoms with E-state index in [1.54, 1.807) is 0 Å². The quantitative estimate of drug-likeness (QED) is 0.162. The van der Waals surface area contributed by atoms with Crippen LogP contribution in [0.25, 0.3) is 0 Å². The maximum absolute atomic E-state index is 11.7. The molecule has 1 aromatic rings. The van der Waals surface area contributed by atoms with Crippen molar-refractivity contribution in [2.45, 2.75) is 110 Å². The third-order valence-corrected chi connectivity index (χ3v) is 5.54. The summed E-state index contributed by atoms with van der Waals surface area (Å²) >= 11 is 0. The summed E-state index contributed by atoms with van der Waals surface area (Å²) in [4.78, 5) is 23.4. The third-order valence-electron chi connectivity index (χ3n) is 5.54. The van der Waals surface area contributed by atoms with Crippen molar-refractivity contribution in [3.05, 3.63) is 35.9 Å². The average Bonchev–Trinajstić information content (AvgIpc) is 2.78. The molecule has 1 rings (SSSR count). The largest absolute Gasteiger partial charge is 0.466 e. The van der Waals surface area contributed by atoms with Gasteiger partial charge in [0.2, 0.25) is 0 Å². The zero-order valence-corrected chi connectivity index (χ0v) is 19.7. The van der Waals surface area contributed by atoms with Gasteiger partial charge in [0.05, 0.1) is 26.1 Å². The molecule has 0 saturated heterocycles. The van der Waals surface area contributed by atoms with E-state index in [4.69, 9.17) is 9.47 Å². The summed E-state index contributed by atoms with van der Waals surface area (Å²) in [7, 11) is 0. The summed E-state index contributed by atoms with van der Waals surface area (Å²) in [6.45, 7) is 3.06. The molecule has 31 heavy (non-hydrogen) atoms. The van der Waals surface area contributed by atoms with Crippen LogP contribution in [0.15, 0.2) is 30.3 Å². The predicted octanol–water partition coefficient (Wildman–Crippen LogP) is 7.19. The monoisotopic (exact) mass is 432 g/mol. The van der Waals surface area contributed by atoms with Gasteiger partial charge in [0.1, 0.15) is 0 Å². The highest BCUT2D eigenvalue weighted by atomic mass is 16.5. The van der Waals surface area contributed by atoms with Crippen LogP contribution in [-0.4, -0.2) is 25.2 Å². The molecule has 0 spiro atoms. The number of esters is 2. The van der Waals surface area contributed by atoms with Crippen molar-refractivity contribution >= 4 is 11.9 Å². The maximum atomic E-state index is 11.7. The van der Waals surface area contributed by atoms with Crippen LogP contribution >= 0.6 is 0 Å². The van der Waals surface area contributed by atoms with Gasteiger partial charge < -0.3 is 9.47 Å². The minimum Gasteiger partial charge on any atom is -0.466 e. The first-order valence-electron chi connectivity index (χ1n) is 12.6. The lowest BCUT2D eigenvalue weighted by Gasteiger charge is -2.06. The minimum atomic E-state index is -0.339. The number of benzene rings is 1. The highest BCUT2D eigenvalue weighted by Gasteiger charge is 2.09. The molecule has 176 valence electrons. The zero-order valence-electron chi connectivity index (χ0n) is 19.7. The first-order chi connectivity index (χ1) is 15.2. The van der Waals surface area contributed by atoms with Crippen LogP contribution in [0.5, 0.6) is 0 Å². The fourth-order valence-electron chi connectivity index (χ4n) is 3.58. The van der Waals surface area contributed by atoms with Gasteiger partial charge in [-0.05, 0) is 12.0 Å². The molecule has 0 radical (unpaired) electrons. The number of unbranched alkanes of at least 4 members (excludes halogenated alkanes) is 12. The van der Waals surface area contributed by atoms with Crippen LogP contribution in [0.4, 0.5) is 0 Å². The van der Waals surface area contributed by atoms with Gasteiger partial charge in [-0.1, -0.05) is 114 Å². The molecule has 0 aliphatic heterocycles. The summed E-state index contributed by atoms with van der Waals surface area (Å²) in [5, 5.41) is 0. The Morgan fingerprint density at radius 3 is 1.58 bits per heavy atom. The Hall–Kier alpha value is -1.84. The van der Waals surface area contributed by atoms with Crippen molar-refractivity contribution in [2.24, 2.45) is 0 Å². The summed E-state index contributed by atoms with van der Waals surface area (Å²) in [5.74, 6) is -0.646. The van der Waals surface area contributed by atoms with E-state index in [0.717, 1.165) is 18.4 Å². The summed E-state index contributed by atoms with van der Waals surface area (Å²) in [5.41, 5.74) is 1.13. The fourth-order valence-corrected chi connectivity index (χ4v) is 3.58. The van der Waals surface area contributed by atoms with Gasteiger partial charge in [-0.25, -0.2) is 0 Å². The summed E-state index contributed by atoms with van der Waals surface area (Å²) in [6, 6.07) is 9.89. The Bertz CT molecular complexity index is 556. The van der Waals surface area contributed by atoms with Crippen LogP contribution in [0.3, 0.4) is 0 Å². The first kappa shape index (κ1) is 27.2. The SMILES string of the molecule is CCCCCCCCCCCCCCCOC(=O)CCC(=O)OCCc1ccccc1. The standard InChI is InChI=1S/C27H44O4/c1-2-3-4-5-6-7-8-9-10-11-12-13-17-23-30-26(28)20-21-27(29)31-24-22-25-18-15-14-16-19-25/h14-16,18-19H,2-13,17,20-24H2,1H3. The van der Waals surface area contributed by atoms with E-state index in [9.17, 15) is 9.59 Å². The lowest BCUT2D eigenvalue weighted by molar-refractivity contribution is -0.150. The second kappa shape index (κ2) is 20.1. The molecule has 4 heteroatoms. The van der Waals surface area contributed by atoms with Crippen LogP contribution in [0.1, 0.15) is 109 Å². The molecular formula is C27H44O4. The van der Waals surface area contributed by atoms with Crippen LogP contribution in [-0.2, 0) is 25.5 Å². The van der Waals surface area contributed by atoms with Crippen LogP contribution in [0, 0.1) is 0 Å². The number of hydrogen-bond acceptors (Lipinski definition) is 4. The molecule has 0 fully saturated rings. The van der Waals surface area contributed by atoms with E-state index in [2.05, 4.69) is 6.92 Å². The first-order valence-corrected chi connectivity index (χ1v) is 12.6. The van der Waals surface area contributed by atoms with Gasteiger partial charge >= 0.3 is 11.9 Å². The summed E-state index contributed by atoms with van der Waals surface area (Å²) < 4.78 is 10.4.